The molecular formula is C16H14BrF2NO. The van der Waals surface area contributed by atoms with Crippen molar-refractivity contribution in [2.24, 2.45) is 5.73 Å². The van der Waals surface area contributed by atoms with Gasteiger partial charge in [-0.2, -0.15) is 0 Å². The molecule has 0 heterocycles. The second-order valence-corrected chi connectivity index (χ2v) is 5.62. The topological polar surface area (TPSA) is 43.1 Å². The minimum absolute atomic E-state index is 0.128. The third-order valence-electron chi connectivity index (χ3n) is 3.20. The molecule has 0 saturated heterocycles. The van der Waals surface area contributed by atoms with Gasteiger partial charge in [-0.05, 0) is 40.0 Å². The Bertz CT molecular complexity index is 646. The molecule has 21 heavy (non-hydrogen) atoms. The lowest BCUT2D eigenvalue weighted by Gasteiger charge is -2.12. The highest BCUT2D eigenvalue weighted by Gasteiger charge is 2.20. The van der Waals surface area contributed by atoms with Gasteiger partial charge in [0.15, 0.2) is 5.78 Å². The van der Waals surface area contributed by atoms with Crippen molar-refractivity contribution in [1.29, 1.82) is 0 Å². The molecule has 2 rings (SSSR count). The van der Waals surface area contributed by atoms with E-state index in [0.29, 0.717) is 6.42 Å². The van der Waals surface area contributed by atoms with E-state index in [1.165, 1.54) is 6.07 Å². The molecule has 0 fully saturated rings. The number of ketones is 1. The lowest BCUT2D eigenvalue weighted by Crippen LogP contribution is -2.34. The van der Waals surface area contributed by atoms with Gasteiger partial charge in [-0.25, -0.2) is 8.78 Å². The maximum atomic E-state index is 13.8. The maximum Gasteiger partial charge on any atom is 0.154 e. The van der Waals surface area contributed by atoms with Gasteiger partial charge in [-0.1, -0.05) is 30.3 Å². The van der Waals surface area contributed by atoms with E-state index in [2.05, 4.69) is 15.9 Å². The fourth-order valence-electron chi connectivity index (χ4n) is 2.02. The van der Waals surface area contributed by atoms with Gasteiger partial charge in [-0.15, -0.1) is 0 Å². The smallest absolute Gasteiger partial charge is 0.154 e. The Morgan fingerprint density at radius 2 is 1.81 bits per heavy atom. The average molecular weight is 354 g/mol. The Balaban J connectivity index is 2.10. The lowest BCUT2D eigenvalue weighted by molar-refractivity contribution is -0.119. The normalized spacial score (nSPS) is 12.2. The number of halogens is 3. The zero-order chi connectivity index (χ0) is 15.4. The predicted molar refractivity (Wildman–Crippen MR) is 80.9 cm³/mol. The van der Waals surface area contributed by atoms with Gasteiger partial charge in [0.05, 0.1) is 10.5 Å². The Hall–Kier alpha value is -1.59. The highest BCUT2D eigenvalue weighted by Crippen LogP contribution is 2.22. The van der Waals surface area contributed by atoms with Gasteiger partial charge >= 0.3 is 0 Å². The van der Waals surface area contributed by atoms with Crippen molar-refractivity contribution in [1.82, 2.24) is 0 Å². The van der Waals surface area contributed by atoms with Gasteiger partial charge in [0.25, 0.3) is 0 Å². The monoisotopic (exact) mass is 353 g/mol. The fraction of sp³-hybridized carbons (Fsp3) is 0.188. The number of carbonyl (C=O) groups is 1. The zero-order valence-corrected chi connectivity index (χ0v) is 12.7. The van der Waals surface area contributed by atoms with Crippen LogP contribution in [0, 0.1) is 11.6 Å². The van der Waals surface area contributed by atoms with Crippen molar-refractivity contribution in [2.45, 2.75) is 18.9 Å². The zero-order valence-electron chi connectivity index (χ0n) is 11.2. The van der Waals surface area contributed by atoms with Crippen LogP contribution in [0.3, 0.4) is 0 Å². The van der Waals surface area contributed by atoms with Crippen molar-refractivity contribution in [3.8, 4) is 0 Å². The van der Waals surface area contributed by atoms with Crippen molar-refractivity contribution < 1.29 is 13.6 Å². The van der Waals surface area contributed by atoms with Gasteiger partial charge in [0.2, 0.25) is 0 Å². The molecule has 0 aromatic heterocycles. The Morgan fingerprint density at radius 3 is 2.48 bits per heavy atom. The van der Waals surface area contributed by atoms with E-state index in [9.17, 15) is 13.6 Å². The molecule has 1 atom stereocenters. The number of benzene rings is 2. The Labute approximate surface area is 130 Å². The molecule has 5 heteroatoms. The number of hydrogen-bond donors (Lipinski definition) is 1. The van der Waals surface area contributed by atoms with Crippen molar-refractivity contribution in [2.75, 3.05) is 0 Å². The summed E-state index contributed by atoms with van der Waals surface area (Å²) in [5.41, 5.74) is 6.49. The number of rotatable bonds is 5. The van der Waals surface area contributed by atoms with Crippen LogP contribution in [0.1, 0.15) is 11.1 Å². The van der Waals surface area contributed by atoms with E-state index < -0.39 is 23.5 Å². The summed E-state index contributed by atoms with van der Waals surface area (Å²) in [7, 11) is 0. The lowest BCUT2D eigenvalue weighted by atomic mass is 9.98. The van der Waals surface area contributed by atoms with Crippen LogP contribution < -0.4 is 5.73 Å². The second-order valence-electron chi connectivity index (χ2n) is 4.76. The van der Waals surface area contributed by atoms with Crippen molar-refractivity contribution in [3.05, 3.63) is 69.7 Å². The third-order valence-corrected chi connectivity index (χ3v) is 3.81. The minimum atomic E-state index is -0.787. The molecule has 0 aliphatic carbocycles. The molecule has 0 radical (unpaired) electrons. The largest absolute Gasteiger partial charge is 0.321 e. The van der Waals surface area contributed by atoms with Gasteiger partial charge in [0.1, 0.15) is 11.6 Å². The molecule has 2 N–H and O–H groups in total. The summed E-state index contributed by atoms with van der Waals surface area (Å²) >= 11 is 2.98. The van der Waals surface area contributed by atoms with Gasteiger partial charge in [-0.3, -0.25) is 4.79 Å². The minimum Gasteiger partial charge on any atom is -0.321 e. The van der Waals surface area contributed by atoms with E-state index in [1.807, 2.05) is 30.3 Å². The summed E-state index contributed by atoms with van der Waals surface area (Å²) in [6.07, 6.45) is -0.0119. The molecule has 0 aliphatic heterocycles. The van der Waals surface area contributed by atoms with E-state index in [4.69, 9.17) is 5.73 Å². The molecule has 2 aromatic rings. The molecular weight excluding hydrogens is 340 g/mol. The fourth-order valence-corrected chi connectivity index (χ4v) is 2.39. The van der Waals surface area contributed by atoms with Crippen molar-refractivity contribution >= 4 is 21.7 Å². The van der Waals surface area contributed by atoms with E-state index in [1.54, 1.807) is 0 Å². The molecule has 1 unspecified atom stereocenters. The standard InChI is InChI=1S/C16H14BrF2NO/c17-12-6-7-13(18)11(16(12)19)9-15(21)14(20)8-10-4-2-1-3-5-10/h1-7,14H,8-9,20H2. The molecule has 0 saturated carbocycles. The summed E-state index contributed by atoms with van der Waals surface area (Å²) < 4.78 is 27.6. The summed E-state index contributed by atoms with van der Waals surface area (Å²) in [4.78, 5) is 12.1. The third kappa shape index (κ3) is 3.95. The van der Waals surface area contributed by atoms with E-state index in [-0.39, 0.29) is 16.5 Å². The van der Waals surface area contributed by atoms with E-state index in [0.717, 1.165) is 11.6 Å². The number of nitrogens with two attached hydrogens (primary N) is 1. The van der Waals surface area contributed by atoms with Crippen LogP contribution in [-0.2, 0) is 17.6 Å². The summed E-state index contributed by atoms with van der Waals surface area (Å²) in [6.45, 7) is 0. The van der Waals surface area contributed by atoms with Crippen LogP contribution in [-0.4, -0.2) is 11.8 Å². The van der Waals surface area contributed by atoms with Crippen molar-refractivity contribution in [3.63, 3.8) is 0 Å². The highest BCUT2D eigenvalue weighted by atomic mass is 79.9. The number of carbonyl (C=O) groups excluding carboxylic acids is 1. The number of hydrogen-bond acceptors (Lipinski definition) is 2. The summed E-state index contributed by atoms with van der Waals surface area (Å²) in [6, 6.07) is 10.9. The first-order valence-electron chi connectivity index (χ1n) is 6.43. The number of Topliss-reactive ketones (excluding diaryl/α,β-unsaturated/α-hetero) is 1. The molecule has 2 aromatic carbocycles. The first-order valence-corrected chi connectivity index (χ1v) is 7.23. The molecule has 0 amide bonds. The first kappa shape index (κ1) is 15.8. The van der Waals surface area contributed by atoms with Gasteiger partial charge in [0, 0.05) is 12.0 Å². The molecule has 110 valence electrons. The molecule has 0 bridgehead atoms. The van der Waals surface area contributed by atoms with Crippen LogP contribution in [0.2, 0.25) is 0 Å². The second kappa shape index (κ2) is 6.91. The SMILES string of the molecule is NC(Cc1ccccc1)C(=O)Cc1c(F)ccc(Br)c1F. The summed E-state index contributed by atoms with van der Waals surface area (Å²) in [5, 5.41) is 0. The average Bonchev–Trinajstić information content (AvgIpc) is 2.48. The van der Waals surface area contributed by atoms with Crippen LogP contribution >= 0.6 is 15.9 Å². The van der Waals surface area contributed by atoms with Crippen LogP contribution in [0.15, 0.2) is 46.9 Å². The Kier molecular flexibility index (Phi) is 5.20. The van der Waals surface area contributed by atoms with Gasteiger partial charge < -0.3 is 5.73 Å². The highest BCUT2D eigenvalue weighted by molar-refractivity contribution is 9.10. The van der Waals surface area contributed by atoms with E-state index >= 15 is 0 Å². The Morgan fingerprint density at radius 1 is 1.14 bits per heavy atom. The van der Waals surface area contributed by atoms with Crippen LogP contribution in [0.25, 0.3) is 0 Å². The molecule has 2 nitrogen and oxygen atoms in total. The first-order chi connectivity index (χ1) is 9.99. The predicted octanol–water partition coefficient (Wildman–Crippen LogP) is 3.41. The maximum absolute atomic E-state index is 13.8. The van der Waals surface area contributed by atoms with Crippen LogP contribution in [0.5, 0.6) is 0 Å². The van der Waals surface area contributed by atoms with Crippen LogP contribution in [0.4, 0.5) is 8.78 Å². The summed E-state index contributed by atoms with van der Waals surface area (Å²) in [5.74, 6) is -1.89. The molecule has 0 aliphatic rings. The molecule has 0 spiro atoms. The quantitative estimate of drug-likeness (QED) is 0.837.